The number of rotatable bonds is 5. The molecule has 1 aliphatic rings. The minimum absolute atomic E-state index is 0.161. The predicted molar refractivity (Wildman–Crippen MR) is 74.6 cm³/mol. The Kier molecular flexibility index (Phi) is 3.70. The van der Waals surface area contributed by atoms with E-state index in [0.29, 0.717) is 18.4 Å². The third-order valence-electron chi connectivity index (χ3n) is 3.64. The molecule has 1 aliphatic carbocycles. The third kappa shape index (κ3) is 2.75. The number of hydrogen-bond donors (Lipinski definition) is 1. The number of nitrogens with two attached hydrogens (primary N) is 1. The molecule has 2 unspecified atom stereocenters. The van der Waals surface area contributed by atoms with Crippen molar-refractivity contribution in [2.45, 2.75) is 18.2 Å². The standard InChI is InChI=1S/C12H17N3O4S/c1-8-5-9(8)7-14(2)20(18,19)12-4-3-10(13)6-11(12)15(16)17/h3-4,6,8-9H,5,7,13H2,1-2H3. The van der Waals surface area contributed by atoms with E-state index in [4.69, 9.17) is 5.73 Å². The van der Waals surface area contributed by atoms with Crippen LogP contribution in [-0.2, 0) is 10.0 Å². The van der Waals surface area contributed by atoms with Crippen LogP contribution in [0.2, 0.25) is 0 Å². The van der Waals surface area contributed by atoms with Crippen LogP contribution >= 0.6 is 0 Å². The summed E-state index contributed by atoms with van der Waals surface area (Å²) in [6.45, 7) is 2.43. The molecule has 2 N–H and O–H groups in total. The molecule has 1 saturated carbocycles. The first-order valence-electron chi connectivity index (χ1n) is 6.23. The molecule has 1 aromatic rings. The number of anilines is 1. The van der Waals surface area contributed by atoms with E-state index in [2.05, 4.69) is 6.92 Å². The third-order valence-corrected chi connectivity index (χ3v) is 5.51. The van der Waals surface area contributed by atoms with Crippen LogP contribution in [0, 0.1) is 22.0 Å². The van der Waals surface area contributed by atoms with E-state index >= 15 is 0 Å². The van der Waals surface area contributed by atoms with Crippen LogP contribution in [0.1, 0.15) is 13.3 Å². The average Bonchev–Trinajstić information content (AvgIpc) is 3.04. The monoisotopic (exact) mass is 299 g/mol. The van der Waals surface area contributed by atoms with Gasteiger partial charge in [0.25, 0.3) is 5.69 Å². The zero-order valence-corrected chi connectivity index (χ0v) is 12.1. The molecule has 20 heavy (non-hydrogen) atoms. The Morgan fingerprint density at radius 2 is 2.10 bits per heavy atom. The van der Waals surface area contributed by atoms with Gasteiger partial charge in [0.05, 0.1) is 4.92 Å². The number of sulfonamides is 1. The molecule has 0 bridgehead atoms. The van der Waals surface area contributed by atoms with Gasteiger partial charge in [-0.1, -0.05) is 6.92 Å². The molecular weight excluding hydrogens is 282 g/mol. The summed E-state index contributed by atoms with van der Waals surface area (Å²) in [6.07, 6.45) is 0.990. The van der Waals surface area contributed by atoms with Gasteiger partial charge in [0.15, 0.2) is 4.90 Å². The molecule has 2 atom stereocenters. The van der Waals surface area contributed by atoms with Crippen molar-refractivity contribution in [3.63, 3.8) is 0 Å². The molecule has 110 valence electrons. The molecule has 0 heterocycles. The average molecular weight is 299 g/mol. The molecule has 8 heteroatoms. The molecule has 0 saturated heterocycles. The van der Waals surface area contributed by atoms with Crippen LogP contribution in [0.15, 0.2) is 23.1 Å². The summed E-state index contributed by atoms with van der Waals surface area (Å²) < 4.78 is 26.0. The van der Waals surface area contributed by atoms with Crippen molar-refractivity contribution in [2.75, 3.05) is 19.3 Å². The largest absolute Gasteiger partial charge is 0.399 e. The molecule has 1 fully saturated rings. The predicted octanol–water partition coefficient (Wildman–Crippen LogP) is 1.45. The van der Waals surface area contributed by atoms with E-state index < -0.39 is 20.6 Å². The Morgan fingerprint density at radius 1 is 1.50 bits per heavy atom. The highest BCUT2D eigenvalue weighted by Gasteiger charge is 2.37. The second kappa shape index (κ2) is 5.02. The summed E-state index contributed by atoms with van der Waals surface area (Å²) in [5.74, 6) is 0.844. The van der Waals surface area contributed by atoms with Gasteiger partial charge in [-0.2, -0.15) is 0 Å². The summed E-state index contributed by atoms with van der Waals surface area (Å²) in [7, 11) is -2.43. The van der Waals surface area contributed by atoms with Crippen LogP contribution in [0.5, 0.6) is 0 Å². The number of nitrogen functional groups attached to an aromatic ring is 1. The Labute approximate surface area is 117 Å². The smallest absolute Gasteiger partial charge is 0.291 e. The lowest BCUT2D eigenvalue weighted by Crippen LogP contribution is -2.29. The molecule has 0 aliphatic heterocycles. The Balaban J connectivity index is 2.35. The minimum atomic E-state index is -3.87. The van der Waals surface area contributed by atoms with Crippen LogP contribution < -0.4 is 5.73 Å². The van der Waals surface area contributed by atoms with Crippen LogP contribution in [0.25, 0.3) is 0 Å². The van der Waals surface area contributed by atoms with Gasteiger partial charge in [-0.15, -0.1) is 0 Å². The van der Waals surface area contributed by atoms with Crippen molar-refractivity contribution >= 4 is 21.4 Å². The van der Waals surface area contributed by atoms with Gasteiger partial charge in [-0.25, -0.2) is 12.7 Å². The zero-order chi connectivity index (χ0) is 15.1. The maximum Gasteiger partial charge on any atom is 0.291 e. The summed E-state index contributed by atoms with van der Waals surface area (Å²) in [5, 5.41) is 11.0. The lowest BCUT2D eigenvalue weighted by molar-refractivity contribution is -0.387. The van der Waals surface area contributed by atoms with Crippen LogP contribution in [0.3, 0.4) is 0 Å². The lowest BCUT2D eigenvalue weighted by Gasteiger charge is -2.17. The first kappa shape index (κ1) is 14.7. The fourth-order valence-corrected chi connectivity index (χ4v) is 3.51. The van der Waals surface area contributed by atoms with Crippen LogP contribution in [-0.4, -0.2) is 31.2 Å². The van der Waals surface area contributed by atoms with Gasteiger partial charge < -0.3 is 5.73 Å². The zero-order valence-electron chi connectivity index (χ0n) is 11.3. The van der Waals surface area contributed by atoms with Crippen LogP contribution in [0.4, 0.5) is 11.4 Å². The second-order valence-corrected chi connectivity index (χ2v) is 7.26. The number of nitrogens with zero attached hydrogens (tertiary/aromatic N) is 2. The maximum atomic E-state index is 12.4. The highest BCUT2D eigenvalue weighted by Crippen LogP contribution is 2.39. The molecule has 0 amide bonds. The summed E-state index contributed by atoms with van der Waals surface area (Å²) in [4.78, 5) is 9.96. The number of benzene rings is 1. The Hall–Kier alpha value is -1.67. The van der Waals surface area contributed by atoms with E-state index in [1.807, 2.05) is 0 Å². The maximum absolute atomic E-state index is 12.4. The molecular formula is C12H17N3O4S. The topological polar surface area (TPSA) is 107 Å². The molecule has 7 nitrogen and oxygen atoms in total. The summed E-state index contributed by atoms with van der Waals surface area (Å²) in [5.41, 5.74) is 5.16. The van der Waals surface area contributed by atoms with Crippen molar-refractivity contribution in [2.24, 2.45) is 11.8 Å². The Morgan fingerprint density at radius 3 is 2.60 bits per heavy atom. The summed E-state index contributed by atoms with van der Waals surface area (Å²) >= 11 is 0. The van der Waals surface area contributed by atoms with E-state index in [0.717, 1.165) is 12.5 Å². The van der Waals surface area contributed by atoms with Gasteiger partial charge in [-0.05, 0) is 30.4 Å². The Bertz CT molecular complexity index is 644. The van der Waals surface area contributed by atoms with E-state index in [-0.39, 0.29) is 10.6 Å². The number of hydrogen-bond acceptors (Lipinski definition) is 5. The molecule has 0 spiro atoms. The van der Waals surface area contributed by atoms with E-state index in [9.17, 15) is 18.5 Å². The van der Waals surface area contributed by atoms with Gasteiger partial charge in [-0.3, -0.25) is 10.1 Å². The molecule has 2 rings (SSSR count). The van der Waals surface area contributed by atoms with Crippen molar-refractivity contribution < 1.29 is 13.3 Å². The normalized spacial score (nSPS) is 21.9. The number of nitro groups is 1. The second-order valence-electron chi connectivity index (χ2n) is 5.24. The molecule has 0 aromatic heterocycles. The first-order valence-corrected chi connectivity index (χ1v) is 7.67. The highest BCUT2D eigenvalue weighted by molar-refractivity contribution is 7.89. The number of nitro benzene ring substituents is 1. The van der Waals surface area contributed by atoms with Gasteiger partial charge in [0.2, 0.25) is 10.0 Å². The van der Waals surface area contributed by atoms with Crippen molar-refractivity contribution in [3.8, 4) is 0 Å². The van der Waals surface area contributed by atoms with E-state index in [1.54, 1.807) is 0 Å². The summed E-state index contributed by atoms with van der Waals surface area (Å²) in [6, 6.07) is 3.61. The van der Waals surface area contributed by atoms with Gasteiger partial charge >= 0.3 is 0 Å². The van der Waals surface area contributed by atoms with E-state index in [1.165, 1.54) is 23.5 Å². The van der Waals surface area contributed by atoms with Gasteiger partial charge in [0, 0.05) is 25.3 Å². The van der Waals surface area contributed by atoms with Crippen molar-refractivity contribution in [3.05, 3.63) is 28.3 Å². The highest BCUT2D eigenvalue weighted by atomic mass is 32.2. The fraction of sp³-hybridized carbons (Fsp3) is 0.500. The van der Waals surface area contributed by atoms with Crippen molar-refractivity contribution in [1.29, 1.82) is 0 Å². The minimum Gasteiger partial charge on any atom is -0.399 e. The van der Waals surface area contributed by atoms with Gasteiger partial charge in [0.1, 0.15) is 0 Å². The lowest BCUT2D eigenvalue weighted by atomic mass is 10.3. The fourth-order valence-electron chi connectivity index (χ4n) is 2.14. The SMILES string of the molecule is CC1CC1CN(C)S(=O)(=O)c1ccc(N)cc1[N+](=O)[O-]. The molecule has 1 aromatic carbocycles. The first-order chi connectivity index (χ1) is 9.23. The quantitative estimate of drug-likeness (QED) is 0.503. The molecule has 0 radical (unpaired) electrons. The van der Waals surface area contributed by atoms with Crippen molar-refractivity contribution in [1.82, 2.24) is 4.31 Å².